The van der Waals surface area contributed by atoms with Gasteiger partial charge < -0.3 is 24.8 Å². The molecule has 1 aliphatic heterocycles. The quantitative estimate of drug-likeness (QED) is 0.113. The van der Waals surface area contributed by atoms with Crippen LogP contribution in [0.5, 0.6) is 0 Å². The lowest BCUT2D eigenvalue weighted by molar-refractivity contribution is -0.253. The van der Waals surface area contributed by atoms with Crippen LogP contribution >= 0.6 is 0 Å². The minimum absolute atomic E-state index is 0.000910. The number of rotatable bonds is 21. The highest BCUT2D eigenvalue weighted by Gasteiger charge is 2.33. The molecule has 0 saturated carbocycles. The van der Waals surface area contributed by atoms with Gasteiger partial charge in [-0.05, 0) is 61.3 Å². The summed E-state index contributed by atoms with van der Waals surface area (Å²) in [4.78, 5) is 15.5. The highest BCUT2D eigenvalue weighted by Crippen LogP contribution is 2.39. The largest absolute Gasteiger partial charge is 0.392 e. The normalized spacial score (nSPS) is 18.0. The molecule has 0 spiro atoms. The van der Waals surface area contributed by atoms with Crippen LogP contribution in [-0.4, -0.2) is 41.7 Å². The molecule has 3 atom stereocenters. The van der Waals surface area contributed by atoms with Crippen LogP contribution in [0.2, 0.25) is 0 Å². The van der Waals surface area contributed by atoms with Crippen molar-refractivity contribution < 1.29 is 19.4 Å². The zero-order chi connectivity index (χ0) is 33.1. The second-order valence-electron chi connectivity index (χ2n) is 13.1. The summed E-state index contributed by atoms with van der Waals surface area (Å²) in [5.41, 5.74) is 4.19. The van der Waals surface area contributed by atoms with E-state index in [0.29, 0.717) is 11.3 Å². The monoisotopic (exact) mass is 642 g/mol. The van der Waals surface area contributed by atoms with E-state index in [2.05, 4.69) is 36.2 Å². The van der Waals surface area contributed by atoms with Crippen LogP contribution in [0.15, 0.2) is 78.9 Å². The molecule has 47 heavy (non-hydrogen) atoms. The number of carbonyl (C=O) groups is 1. The van der Waals surface area contributed by atoms with Crippen molar-refractivity contribution in [1.82, 2.24) is 4.90 Å². The molecule has 256 valence electrons. The highest BCUT2D eigenvalue weighted by molar-refractivity contribution is 6.04. The number of carbonyl (C=O) groups excluding carboxylic acids is 1. The van der Waals surface area contributed by atoms with Crippen LogP contribution < -0.4 is 5.32 Å². The molecule has 3 aromatic carbocycles. The number of hydrogen-bond donors (Lipinski definition) is 2. The number of nitrogens with zero attached hydrogens (tertiary/aromatic N) is 1. The van der Waals surface area contributed by atoms with Crippen LogP contribution in [0.25, 0.3) is 0 Å². The Bertz CT molecular complexity index is 1270. The molecule has 0 aromatic heterocycles. The predicted molar refractivity (Wildman–Crippen MR) is 192 cm³/mol. The number of aliphatic hydroxyl groups is 1. The van der Waals surface area contributed by atoms with E-state index < -0.39 is 6.29 Å². The van der Waals surface area contributed by atoms with Gasteiger partial charge >= 0.3 is 0 Å². The first-order valence-electron chi connectivity index (χ1n) is 18.3. The van der Waals surface area contributed by atoms with E-state index in [1.54, 1.807) is 0 Å². The Hall–Kier alpha value is -3.03. The SMILES string of the molecule is CCCCCCCCN(CCCCCCCC)C[C@@H]1C[C@H](c2ccc(CO)cc2)O[C@H](c2cccc(NC(=O)c3ccccc3)c2)O1. The van der Waals surface area contributed by atoms with Gasteiger partial charge in [0.25, 0.3) is 5.91 Å². The topological polar surface area (TPSA) is 71.0 Å². The second-order valence-corrected chi connectivity index (χ2v) is 13.1. The molecule has 6 heteroatoms. The molecule has 0 bridgehead atoms. The smallest absolute Gasteiger partial charge is 0.255 e. The number of anilines is 1. The van der Waals surface area contributed by atoms with E-state index in [0.717, 1.165) is 42.7 Å². The molecule has 1 heterocycles. The number of amides is 1. The Morgan fingerprint density at radius 2 is 1.38 bits per heavy atom. The first kappa shape index (κ1) is 36.8. The number of aliphatic hydroxyl groups excluding tert-OH is 1. The second kappa shape index (κ2) is 21.0. The van der Waals surface area contributed by atoms with Crippen LogP contribution in [0, 0.1) is 0 Å². The van der Waals surface area contributed by atoms with Gasteiger partial charge in [0.2, 0.25) is 0 Å². The Morgan fingerprint density at radius 3 is 2.02 bits per heavy atom. The summed E-state index contributed by atoms with van der Waals surface area (Å²) in [5, 5.41) is 12.6. The Balaban J connectivity index is 1.47. The molecule has 0 aliphatic carbocycles. The summed E-state index contributed by atoms with van der Waals surface area (Å²) in [6.45, 7) is 7.64. The molecule has 6 nitrogen and oxygen atoms in total. The first-order valence-corrected chi connectivity index (χ1v) is 18.3. The Labute approximate surface area is 283 Å². The predicted octanol–water partition coefficient (Wildman–Crippen LogP) is 10.00. The number of nitrogens with one attached hydrogen (secondary N) is 1. The molecule has 3 aromatic rings. The summed E-state index contributed by atoms with van der Waals surface area (Å²) in [6.07, 6.45) is 15.6. The van der Waals surface area contributed by atoms with Crippen molar-refractivity contribution in [2.45, 2.75) is 122 Å². The third kappa shape index (κ3) is 12.8. The molecule has 4 rings (SSSR count). The molecular formula is C41H58N2O4. The summed E-state index contributed by atoms with van der Waals surface area (Å²) in [6, 6.07) is 25.2. The Kier molecular flexibility index (Phi) is 16.5. The van der Waals surface area contributed by atoms with E-state index in [-0.39, 0.29) is 24.7 Å². The van der Waals surface area contributed by atoms with Crippen molar-refractivity contribution in [3.8, 4) is 0 Å². The molecular weight excluding hydrogens is 584 g/mol. The van der Waals surface area contributed by atoms with Gasteiger partial charge in [0, 0.05) is 29.8 Å². The average Bonchev–Trinajstić information content (AvgIpc) is 3.11. The standard InChI is InChI=1S/C41H58N2O4/c1-3-5-7-9-11-16-27-43(28-17-12-10-8-6-4-2)31-38-30-39(34-25-23-33(32-44)24-26-34)47-41(46-38)36-21-18-22-37(29-36)42-40(45)35-19-14-13-15-20-35/h13-15,18-26,29,38-39,41,44H,3-12,16-17,27-28,30-32H2,1-2H3,(H,42,45)/t38-,39+,41+/m0/s1. The van der Waals surface area contributed by atoms with Crippen LogP contribution in [0.1, 0.15) is 137 Å². The lowest BCUT2D eigenvalue weighted by atomic mass is 9.99. The van der Waals surface area contributed by atoms with Crippen LogP contribution in [-0.2, 0) is 16.1 Å². The maximum absolute atomic E-state index is 12.9. The highest BCUT2D eigenvalue weighted by atomic mass is 16.7. The van der Waals surface area contributed by atoms with Crippen molar-refractivity contribution in [3.63, 3.8) is 0 Å². The van der Waals surface area contributed by atoms with Crippen LogP contribution in [0.3, 0.4) is 0 Å². The van der Waals surface area contributed by atoms with Gasteiger partial charge in [-0.15, -0.1) is 0 Å². The fraction of sp³-hybridized carbons (Fsp3) is 0.537. The van der Waals surface area contributed by atoms with Crippen molar-refractivity contribution in [2.24, 2.45) is 0 Å². The molecule has 1 aliphatic rings. The van der Waals surface area contributed by atoms with E-state index in [1.807, 2.05) is 66.7 Å². The first-order chi connectivity index (χ1) is 23.1. The maximum atomic E-state index is 12.9. The minimum Gasteiger partial charge on any atom is -0.392 e. The van der Waals surface area contributed by atoms with Gasteiger partial charge in [0.05, 0.1) is 18.8 Å². The van der Waals surface area contributed by atoms with Gasteiger partial charge in [0.1, 0.15) is 0 Å². The third-order valence-corrected chi connectivity index (χ3v) is 9.19. The zero-order valence-corrected chi connectivity index (χ0v) is 28.9. The lowest BCUT2D eigenvalue weighted by Gasteiger charge is -2.38. The summed E-state index contributed by atoms with van der Waals surface area (Å²) in [5.74, 6) is -0.145. The fourth-order valence-electron chi connectivity index (χ4n) is 6.40. The van der Waals surface area contributed by atoms with E-state index in [9.17, 15) is 9.90 Å². The summed E-state index contributed by atoms with van der Waals surface area (Å²) >= 11 is 0. The van der Waals surface area contributed by atoms with Gasteiger partial charge in [-0.3, -0.25) is 4.79 Å². The summed E-state index contributed by atoms with van der Waals surface area (Å²) < 4.78 is 13.4. The maximum Gasteiger partial charge on any atom is 0.255 e. The molecule has 0 radical (unpaired) electrons. The van der Waals surface area contributed by atoms with Gasteiger partial charge in [-0.2, -0.15) is 0 Å². The number of hydrogen-bond acceptors (Lipinski definition) is 5. The number of unbranched alkanes of at least 4 members (excludes halogenated alkanes) is 10. The number of benzene rings is 3. The Morgan fingerprint density at radius 1 is 0.745 bits per heavy atom. The van der Waals surface area contributed by atoms with E-state index >= 15 is 0 Å². The lowest BCUT2D eigenvalue weighted by Crippen LogP contribution is -2.40. The van der Waals surface area contributed by atoms with Crippen molar-refractivity contribution in [1.29, 1.82) is 0 Å². The van der Waals surface area contributed by atoms with E-state index in [4.69, 9.17) is 9.47 Å². The average molecular weight is 643 g/mol. The molecule has 1 saturated heterocycles. The molecule has 2 N–H and O–H groups in total. The summed E-state index contributed by atoms with van der Waals surface area (Å²) in [7, 11) is 0. The van der Waals surface area contributed by atoms with Crippen molar-refractivity contribution >= 4 is 11.6 Å². The number of ether oxygens (including phenoxy) is 2. The van der Waals surface area contributed by atoms with Crippen LogP contribution in [0.4, 0.5) is 5.69 Å². The fourth-order valence-corrected chi connectivity index (χ4v) is 6.40. The molecule has 0 unspecified atom stereocenters. The minimum atomic E-state index is -0.560. The molecule has 1 fully saturated rings. The van der Waals surface area contributed by atoms with E-state index in [1.165, 1.54) is 77.0 Å². The zero-order valence-electron chi connectivity index (χ0n) is 28.9. The molecule has 1 amide bonds. The van der Waals surface area contributed by atoms with Gasteiger partial charge in [0.15, 0.2) is 6.29 Å². The van der Waals surface area contributed by atoms with Crippen molar-refractivity contribution in [2.75, 3.05) is 25.0 Å². The third-order valence-electron chi connectivity index (χ3n) is 9.19. The van der Waals surface area contributed by atoms with Crippen molar-refractivity contribution in [3.05, 3.63) is 101 Å². The van der Waals surface area contributed by atoms with Gasteiger partial charge in [-0.1, -0.05) is 133 Å². The van der Waals surface area contributed by atoms with Gasteiger partial charge in [-0.25, -0.2) is 0 Å².